The highest BCUT2D eigenvalue weighted by Crippen LogP contribution is 2.20. The molecule has 0 radical (unpaired) electrons. The zero-order chi connectivity index (χ0) is 25.0. The average Bonchev–Trinajstić information content (AvgIpc) is 2.87. The molecule has 3 rings (SSSR count). The Bertz CT molecular complexity index is 1100. The van der Waals surface area contributed by atoms with Crippen LogP contribution in [0.4, 0.5) is 4.39 Å². The average molecular weight is 513 g/mol. The van der Waals surface area contributed by atoms with Crippen LogP contribution < -0.4 is 5.32 Å². The third kappa shape index (κ3) is 8.41. The lowest BCUT2D eigenvalue weighted by atomic mass is 10.0. The number of nitrogens with one attached hydrogen (secondary N) is 1. The van der Waals surface area contributed by atoms with Crippen LogP contribution in [-0.2, 0) is 28.3 Å². The van der Waals surface area contributed by atoms with Gasteiger partial charge in [0.05, 0.1) is 5.75 Å². The van der Waals surface area contributed by atoms with Gasteiger partial charge in [0, 0.05) is 30.3 Å². The summed E-state index contributed by atoms with van der Waals surface area (Å²) < 4.78 is 14.0. The molecule has 3 aromatic rings. The minimum atomic E-state index is -0.679. The van der Waals surface area contributed by atoms with Gasteiger partial charge in [-0.3, -0.25) is 9.59 Å². The topological polar surface area (TPSA) is 49.4 Å². The molecule has 0 saturated carbocycles. The van der Waals surface area contributed by atoms with Crippen LogP contribution in [0.5, 0.6) is 0 Å². The van der Waals surface area contributed by atoms with Crippen molar-refractivity contribution in [3.63, 3.8) is 0 Å². The van der Waals surface area contributed by atoms with Crippen molar-refractivity contribution in [2.75, 3.05) is 12.3 Å². The Morgan fingerprint density at radius 2 is 1.66 bits per heavy atom. The van der Waals surface area contributed by atoms with Gasteiger partial charge >= 0.3 is 0 Å². The predicted molar refractivity (Wildman–Crippen MR) is 142 cm³/mol. The molecule has 0 fully saturated rings. The van der Waals surface area contributed by atoms with E-state index < -0.39 is 6.04 Å². The molecular formula is C28H30ClFN2O2S. The molecule has 184 valence electrons. The van der Waals surface area contributed by atoms with E-state index in [9.17, 15) is 14.0 Å². The summed E-state index contributed by atoms with van der Waals surface area (Å²) in [5, 5.41) is 3.57. The molecule has 0 heterocycles. The van der Waals surface area contributed by atoms with Gasteiger partial charge in [-0.2, -0.15) is 0 Å². The van der Waals surface area contributed by atoms with Crippen molar-refractivity contribution < 1.29 is 14.0 Å². The van der Waals surface area contributed by atoms with E-state index in [1.54, 1.807) is 35.2 Å². The molecule has 0 bridgehead atoms. The zero-order valence-corrected chi connectivity index (χ0v) is 21.3. The highest BCUT2D eigenvalue weighted by atomic mass is 35.5. The van der Waals surface area contributed by atoms with E-state index in [-0.39, 0.29) is 29.9 Å². The van der Waals surface area contributed by atoms with E-state index in [4.69, 9.17) is 11.6 Å². The highest BCUT2D eigenvalue weighted by Gasteiger charge is 2.30. The smallest absolute Gasteiger partial charge is 0.243 e. The summed E-state index contributed by atoms with van der Waals surface area (Å²) >= 11 is 7.39. The van der Waals surface area contributed by atoms with Crippen LogP contribution in [0, 0.1) is 5.82 Å². The highest BCUT2D eigenvalue weighted by molar-refractivity contribution is 7.99. The number of carbonyl (C=O) groups excluding carboxylic acids is 2. The summed E-state index contributed by atoms with van der Waals surface area (Å²) in [6.45, 7) is 2.80. The van der Waals surface area contributed by atoms with Crippen molar-refractivity contribution >= 4 is 35.2 Å². The number of amides is 2. The molecule has 0 unspecified atom stereocenters. The first-order valence-corrected chi connectivity index (χ1v) is 13.2. The van der Waals surface area contributed by atoms with Crippen LogP contribution in [0.15, 0.2) is 78.9 Å². The predicted octanol–water partition coefficient (Wildman–Crippen LogP) is 5.88. The zero-order valence-electron chi connectivity index (χ0n) is 19.8. The molecule has 2 amide bonds. The third-order valence-electron chi connectivity index (χ3n) is 5.53. The number of benzene rings is 3. The minimum Gasteiger partial charge on any atom is -0.354 e. The molecule has 0 aromatic heterocycles. The fourth-order valence-corrected chi connectivity index (χ4v) is 4.68. The van der Waals surface area contributed by atoms with Gasteiger partial charge in [-0.25, -0.2) is 4.39 Å². The van der Waals surface area contributed by atoms with Crippen LogP contribution in [0.25, 0.3) is 0 Å². The first kappa shape index (κ1) is 26.8. The molecule has 1 N–H and O–H groups in total. The number of carbonyl (C=O) groups is 2. The van der Waals surface area contributed by atoms with Gasteiger partial charge < -0.3 is 10.2 Å². The Morgan fingerprint density at radius 3 is 2.34 bits per heavy atom. The van der Waals surface area contributed by atoms with Crippen LogP contribution in [0.2, 0.25) is 5.02 Å². The second-order valence-electron chi connectivity index (χ2n) is 8.23. The molecule has 0 aliphatic rings. The van der Waals surface area contributed by atoms with Crippen LogP contribution >= 0.6 is 23.4 Å². The van der Waals surface area contributed by atoms with Gasteiger partial charge in [-0.1, -0.05) is 79.2 Å². The Kier molecular flexibility index (Phi) is 10.6. The van der Waals surface area contributed by atoms with E-state index >= 15 is 0 Å². The van der Waals surface area contributed by atoms with Crippen LogP contribution in [0.3, 0.4) is 0 Å². The van der Waals surface area contributed by atoms with Crippen LogP contribution in [0.1, 0.15) is 30.0 Å². The van der Waals surface area contributed by atoms with Crippen molar-refractivity contribution in [2.45, 2.75) is 38.1 Å². The van der Waals surface area contributed by atoms with Gasteiger partial charge in [-0.15, -0.1) is 11.8 Å². The lowest BCUT2D eigenvalue weighted by Gasteiger charge is -2.31. The maximum absolute atomic E-state index is 14.0. The van der Waals surface area contributed by atoms with Crippen LogP contribution in [-0.4, -0.2) is 35.1 Å². The van der Waals surface area contributed by atoms with Crippen molar-refractivity contribution in [1.82, 2.24) is 10.2 Å². The van der Waals surface area contributed by atoms with Gasteiger partial charge in [0.15, 0.2) is 0 Å². The fraction of sp³-hybridized carbons (Fsp3) is 0.286. The Labute approximate surface area is 215 Å². The molecule has 0 aliphatic carbocycles. The first-order valence-electron chi connectivity index (χ1n) is 11.6. The molecule has 4 nitrogen and oxygen atoms in total. The van der Waals surface area contributed by atoms with Crippen molar-refractivity contribution in [2.24, 2.45) is 0 Å². The van der Waals surface area contributed by atoms with Gasteiger partial charge in [0.25, 0.3) is 0 Å². The molecule has 0 aliphatic heterocycles. The summed E-state index contributed by atoms with van der Waals surface area (Å²) in [6, 6.07) is 22.8. The molecule has 35 heavy (non-hydrogen) atoms. The van der Waals surface area contributed by atoms with Gasteiger partial charge in [0.1, 0.15) is 11.9 Å². The van der Waals surface area contributed by atoms with E-state index in [0.29, 0.717) is 29.3 Å². The van der Waals surface area contributed by atoms with E-state index in [1.807, 2.05) is 49.4 Å². The largest absolute Gasteiger partial charge is 0.354 e. The fourth-order valence-electron chi connectivity index (χ4n) is 3.65. The van der Waals surface area contributed by atoms with Crippen molar-refractivity contribution in [3.8, 4) is 0 Å². The third-order valence-corrected chi connectivity index (χ3v) is 6.75. The van der Waals surface area contributed by atoms with Crippen molar-refractivity contribution in [3.05, 3.63) is 106 Å². The Morgan fingerprint density at radius 1 is 0.971 bits per heavy atom. The number of rotatable bonds is 12. The van der Waals surface area contributed by atoms with Gasteiger partial charge in [-0.05, 0) is 41.3 Å². The summed E-state index contributed by atoms with van der Waals surface area (Å²) in [5.74, 6) is -0.135. The lowest BCUT2D eigenvalue weighted by Crippen LogP contribution is -2.51. The molecule has 7 heteroatoms. The lowest BCUT2D eigenvalue weighted by molar-refractivity contribution is -0.139. The van der Waals surface area contributed by atoms with Crippen molar-refractivity contribution in [1.29, 1.82) is 0 Å². The van der Waals surface area contributed by atoms with Gasteiger partial charge in [0.2, 0.25) is 11.8 Å². The SMILES string of the molecule is CCCNC(=O)[C@@H](Cc1ccccc1)N(Cc1ccc(Cl)cc1)C(=O)CSCc1ccccc1F. The van der Waals surface area contributed by atoms with E-state index in [2.05, 4.69) is 5.32 Å². The number of hydrogen-bond donors (Lipinski definition) is 1. The number of hydrogen-bond acceptors (Lipinski definition) is 3. The standard InChI is InChI=1S/C28H30ClFN2O2S/c1-2-16-31-28(34)26(17-21-8-4-3-5-9-21)32(18-22-12-14-24(29)15-13-22)27(33)20-35-19-23-10-6-7-11-25(23)30/h3-15,26H,2,16-20H2,1H3,(H,31,34)/t26-/m1/s1. The number of thioether (sulfide) groups is 1. The normalized spacial score (nSPS) is 11.6. The second-order valence-corrected chi connectivity index (χ2v) is 9.65. The maximum atomic E-state index is 14.0. The quantitative estimate of drug-likeness (QED) is 0.330. The summed E-state index contributed by atoms with van der Waals surface area (Å²) in [7, 11) is 0. The summed E-state index contributed by atoms with van der Waals surface area (Å²) in [4.78, 5) is 28.4. The number of nitrogens with zero attached hydrogens (tertiary/aromatic N) is 1. The molecule has 3 aromatic carbocycles. The molecule has 0 saturated heterocycles. The monoisotopic (exact) mass is 512 g/mol. The number of halogens is 2. The first-order chi connectivity index (χ1) is 17.0. The Hall–Kier alpha value is -2.83. The molecule has 0 spiro atoms. The minimum absolute atomic E-state index is 0.133. The van der Waals surface area contributed by atoms with E-state index in [1.165, 1.54) is 17.8 Å². The Balaban J connectivity index is 1.83. The summed E-state index contributed by atoms with van der Waals surface area (Å²) in [6.07, 6.45) is 1.20. The summed E-state index contributed by atoms with van der Waals surface area (Å²) in [5.41, 5.74) is 2.40. The molecular weight excluding hydrogens is 483 g/mol. The maximum Gasteiger partial charge on any atom is 0.243 e. The molecule has 1 atom stereocenters. The second kappa shape index (κ2) is 13.9. The van der Waals surface area contributed by atoms with E-state index in [0.717, 1.165) is 17.5 Å².